The molecule has 0 radical (unpaired) electrons. The van der Waals surface area contributed by atoms with Crippen molar-refractivity contribution in [3.63, 3.8) is 0 Å². The number of ether oxygens (including phenoxy) is 1. The first kappa shape index (κ1) is 18.9. The molecule has 0 unspecified atom stereocenters. The van der Waals surface area contributed by atoms with Crippen molar-refractivity contribution < 1.29 is 13.6 Å². The lowest BCUT2D eigenvalue weighted by Gasteiger charge is -2.08. The molecule has 10 heteroatoms. The number of benzene rings is 1. The van der Waals surface area contributed by atoms with E-state index in [0.717, 1.165) is 11.3 Å². The number of furan rings is 1. The van der Waals surface area contributed by atoms with Gasteiger partial charge in [0.2, 0.25) is 0 Å². The van der Waals surface area contributed by atoms with Gasteiger partial charge in [-0.05, 0) is 31.2 Å². The fourth-order valence-electron chi connectivity index (χ4n) is 2.62. The number of hydrogen-bond donors (Lipinski definition) is 0. The van der Waals surface area contributed by atoms with E-state index in [-0.39, 0.29) is 12.5 Å². The average Bonchev–Trinajstić information content (AvgIpc) is 3.33. The normalized spacial score (nSPS) is 11.2. The van der Waals surface area contributed by atoms with E-state index in [1.807, 2.05) is 20.2 Å². The Balaban J connectivity index is 1.50. The molecule has 0 bridgehead atoms. The fraction of sp³-hybridized carbons (Fsp3) is 0.167. The molecule has 0 saturated heterocycles. The number of hydrogen-bond acceptors (Lipinski definition) is 6. The van der Waals surface area contributed by atoms with Gasteiger partial charge in [0.15, 0.2) is 11.5 Å². The van der Waals surface area contributed by atoms with Crippen LogP contribution in [0.15, 0.2) is 39.3 Å². The molecule has 0 aliphatic heterocycles. The maximum Gasteiger partial charge on any atom is 0.283 e. The van der Waals surface area contributed by atoms with Crippen LogP contribution in [-0.2, 0) is 13.7 Å². The molecule has 7 nitrogen and oxygen atoms in total. The molecule has 0 atom stereocenters. The molecule has 4 aromatic rings. The van der Waals surface area contributed by atoms with Crippen LogP contribution >= 0.6 is 34.8 Å². The Morgan fingerprint density at radius 2 is 1.75 bits per heavy atom. The molecule has 1 aromatic carbocycles. The summed E-state index contributed by atoms with van der Waals surface area (Å²) in [5, 5.41) is 13.4. The molecule has 0 aliphatic rings. The summed E-state index contributed by atoms with van der Waals surface area (Å²) in [6.45, 7) is 1.98. The quantitative estimate of drug-likeness (QED) is 0.404. The second kappa shape index (κ2) is 7.50. The van der Waals surface area contributed by atoms with Crippen molar-refractivity contribution in [1.82, 2.24) is 20.0 Å². The molecule has 3 heterocycles. The smallest absolute Gasteiger partial charge is 0.283 e. The topological polar surface area (TPSA) is 79.1 Å². The van der Waals surface area contributed by atoms with E-state index in [2.05, 4.69) is 15.3 Å². The first-order valence-corrected chi connectivity index (χ1v) is 9.24. The zero-order valence-corrected chi connectivity index (χ0v) is 17.0. The third-order valence-corrected chi connectivity index (χ3v) is 4.64. The van der Waals surface area contributed by atoms with Crippen molar-refractivity contribution in [1.29, 1.82) is 0 Å². The Bertz CT molecular complexity index is 1130. The second-order valence-electron chi connectivity index (χ2n) is 5.97. The monoisotopic (exact) mass is 438 g/mol. The van der Waals surface area contributed by atoms with E-state index in [4.69, 9.17) is 48.4 Å². The van der Waals surface area contributed by atoms with E-state index in [0.29, 0.717) is 38.2 Å². The van der Waals surface area contributed by atoms with Gasteiger partial charge < -0.3 is 13.6 Å². The van der Waals surface area contributed by atoms with E-state index >= 15 is 0 Å². The highest BCUT2D eigenvalue weighted by atomic mass is 35.5. The standard InChI is InChI=1S/C18H13Cl3N4O3/c1-9-12(7-25(2)24-9)17-22-23-18(28-17)15-4-3-11(27-15)8-26-16-13(20)5-10(19)6-14(16)21/h3-7H,8H2,1-2H3. The van der Waals surface area contributed by atoms with Gasteiger partial charge in [-0.15, -0.1) is 10.2 Å². The first-order chi connectivity index (χ1) is 13.4. The molecule has 0 aliphatic carbocycles. The molecule has 0 fully saturated rings. The van der Waals surface area contributed by atoms with Crippen LogP contribution in [0.25, 0.3) is 23.1 Å². The Morgan fingerprint density at radius 1 is 1.04 bits per heavy atom. The zero-order valence-electron chi connectivity index (χ0n) is 14.7. The maximum atomic E-state index is 6.11. The predicted molar refractivity (Wildman–Crippen MR) is 105 cm³/mol. The number of halogens is 3. The highest BCUT2D eigenvalue weighted by Crippen LogP contribution is 2.36. The summed E-state index contributed by atoms with van der Waals surface area (Å²) in [6.07, 6.45) is 1.81. The second-order valence-corrected chi connectivity index (χ2v) is 7.22. The minimum absolute atomic E-state index is 0.115. The molecule has 0 spiro atoms. The molecule has 0 amide bonds. The molecular formula is C18H13Cl3N4O3. The molecule has 3 aromatic heterocycles. The predicted octanol–water partition coefficient (Wildman–Crippen LogP) is 5.58. The molecule has 144 valence electrons. The Hall–Kier alpha value is -2.48. The van der Waals surface area contributed by atoms with Crippen molar-refractivity contribution in [2.24, 2.45) is 7.05 Å². The van der Waals surface area contributed by atoms with Crippen LogP contribution in [0, 0.1) is 6.92 Å². The van der Waals surface area contributed by atoms with Crippen LogP contribution in [0.5, 0.6) is 5.75 Å². The van der Waals surface area contributed by atoms with E-state index in [1.165, 1.54) is 0 Å². The largest absolute Gasteiger partial charge is 0.483 e. The van der Waals surface area contributed by atoms with Gasteiger partial charge in [0.1, 0.15) is 12.4 Å². The summed E-state index contributed by atoms with van der Waals surface area (Å²) < 4.78 is 18.8. The number of aryl methyl sites for hydroxylation is 2. The Morgan fingerprint density at radius 3 is 2.43 bits per heavy atom. The molecule has 0 N–H and O–H groups in total. The van der Waals surface area contributed by atoms with E-state index < -0.39 is 0 Å². The van der Waals surface area contributed by atoms with Gasteiger partial charge in [-0.1, -0.05) is 34.8 Å². The molecular weight excluding hydrogens is 427 g/mol. The van der Waals surface area contributed by atoms with Crippen molar-refractivity contribution in [2.75, 3.05) is 0 Å². The Labute approximate surface area is 174 Å². The highest BCUT2D eigenvalue weighted by Gasteiger charge is 2.17. The summed E-state index contributed by atoms with van der Waals surface area (Å²) in [6, 6.07) is 6.57. The van der Waals surface area contributed by atoms with Crippen molar-refractivity contribution in [3.8, 4) is 28.9 Å². The van der Waals surface area contributed by atoms with Crippen LogP contribution < -0.4 is 4.74 Å². The lowest BCUT2D eigenvalue weighted by molar-refractivity contribution is 0.271. The van der Waals surface area contributed by atoms with Gasteiger partial charge in [0.25, 0.3) is 11.8 Å². The van der Waals surface area contributed by atoms with Crippen molar-refractivity contribution in [3.05, 3.63) is 57.0 Å². The SMILES string of the molecule is Cc1nn(C)cc1-c1nnc(-c2ccc(COc3c(Cl)cc(Cl)cc3Cl)o2)o1. The number of rotatable bonds is 5. The minimum Gasteiger partial charge on any atom is -0.483 e. The van der Waals surface area contributed by atoms with Crippen molar-refractivity contribution >= 4 is 34.8 Å². The van der Waals surface area contributed by atoms with Crippen LogP contribution in [0.2, 0.25) is 15.1 Å². The lowest BCUT2D eigenvalue weighted by Crippen LogP contribution is -1.95. The van der Waals surface area contributed by atoms with E-state index in [9.17, 15) is 0 Å². The van der Waals surface area contributed by atoms with Gasteiger partial charge in [0, 0.05) is 18.3 Å². The van der Waals surface area contributed by atoms with Crippen LogP contribution in [-0.4, -0.2) is 20.0 Å². The minimum atomic E-state index is 0.115. The van der Waals surface area contributed by atoms with Gasteiger partial charge in [-0.25, -0.2) is 0 Å². The van der Waals surface area contributed by atoms with Crippen molar-refractivity contribution in [2.45, 2.75) is 13.5 Å². The summed E-state index contributed by atoms with van der Waals surface area (Å²) >= 11 is 18.1. The van der Waals surface area contributed by atoms with Gasteiger partial charge in [0.05, 0.1) is 21.3 Å². The Kier molecular flexibility index (Phi) is 5.05. The average molecular weight is 440 g/mol. The first-order valence-electron chi connectivity index (χ1n) is 8.11. The summed E-state index contributed by atoms with van der Waals surface area (Å²) in [4.78, 5) is 0. The molecule has 0 saturated carbocycles. The number of aromatic nitrogens is 4. The van der Waals surface area contributed by atoms with Gasteiger partial charge >= 0.3 is 0 Å². The van der Waals surface area contributed by atoms with Crippen LogP contribution in [0.3, 0.4) is 0 Å². The zero-order chi connectivity index (χ0) is 19.8. The van der Waals surface area contributed by atoms with Gasteiger partial charge in [-0.3, -0.25) is 4.68 Å². The highest BCUT2D eigenvalue weighted by molar-refractivity contribution is 6.40. The maximum absolute atomic E-state index is 6.11. The third kappa shape index (κ3) is 3.73. The van der Waals surface area contributed by atoms with E-state index in [1.54, 1.807) is 28.9 Å². The lowest BCUT2D eigenvalue weighted by atomic mass is 10.3. The third-order valence-electron chi connectivity index (χ3n) is 3.86. The fourth-order valence-corrected chi connectivity index (χ4v) is 3.55. The van der Waals surface area contributed by atoms with Gasteiger partial charge in [-0.2, -0.15) is 5.10 Å². The number of nitrogens with zero attached hydrogens (tertiary/aromatic N) is 4. The molecule has 4 rings (SSSR count). The summed E-state index contributed by atoms with van der Waals surface area (Å²) in [7, 11) is 1.83. The van der Waals surface area contributed by atoms with Crippen LogP contribution in [0.4, 0.5) is 0 Å². The summed E-state index contributed by atoms with van der Waals surface area (Å²) in [5.41, 5.74) is 1.56. The van der Waals surface area contributed by atoms with Crippen LogP contribution in [0.1, 0.15) is 11.5 Å². The summed E-state index contributed by atoms with van der Waals surface area (Å²) in [5.74, 6) is 1.92. The molecule has 28 heavy (non-hydrogen) atoms.